The molecule has 1 unspecified atom stereocenters. The number of benzene rings is 1. The molecular formula is C16H23Cl. The van der Waals surface area contributed by atoms with Crippen molar-refractivity contribution < 1.29 is 0 Å². The first-order valence-corrected chi connectivity index (χ1v) is 7.31. The van der Waals surface area contributed by atoms with Gasteiger partial charge in [-0.2, -0.15) is 0 Å². The predicted molar refractivity (Wildman–Crippen MR) is 75.7 cm³/mol. The minimum atomic E-state index is 0.204. The Bertz CT molecular complexity index is 364. The van der Waals surface area contributed by atoms with Gasteiger partial charge in [0.15, 0.2) is 0 Å². The van der Waals surface area contributed by atoms with Crippen LogP contribution in [0.4, 0.5) is 0 Å². The quantitative estimate of drug-likeness (QED) is 0.615. The van der Waals surface area contributed by atoms with E-state index in [-0.39, 0.29) is 5.38 Å². The van der Waals surface area contributed by atoms with Crippen molar-refractivity contribution in [2.45, 2.75) is 57.7 Å². The summed E-state index contributed by atoms with van der Waals surface area (Å²) < 4.78 is 0. The Labute approximate surface area is 110 Å². The highest BCUT2D eigenvalue weighted by Crippen LogP contribution is 2.35. The number of halogens is 1. The van der Waals surface area contributed by atoms with Crippen molar-refractivity contribution in [3.05, 3.63) is 34.9 Å². The second-order valence-electron chi connectivity index (χ2n) is 5.56. The molecule has 0 heterocycles. The van der Waals surface area contributed by atoms with Crippen LogP contribution in [-0.2, 0) is 0 Å². The summed E-state index contributed by atoms with van der Waals surface area (Å²) in [5, 5.41) is 0.204. The lowest BCUT2D eigenvalue weighted by molar-refractivity contribution is 0.479. The molecule has 0 saturated heterocycles. The molecule has 0 spiro atoms. The van der Waals surface area contributed by atoms with Crippen molar-refractivity contribution in [3.63, 3.8) is 0 Å². The zero-order valence-corrected chi connectivity index (χ0v) is 11.8. The van der Waals surface area contributed by atoms with Gasteiger partial charge in [0.1, 0.15) is 0 Å². The van der Waals surface area contributed by atoms with E-state index in [0.717, 1.165) is 12.3 Å². The molecule has 0 bridgehead atoms. The van der Waals surface area contributed by atoms with Crippen LogP contribution in [0.1, 0.15) is 60.6 Å². The van der Waals surface area contributed by atoms with Gasteiger partial charge in [-0.15, -0.1) is 11.6 Å². The Morgan fingerprint density at radius 2 is 1.94 bits per heavy atom. The van der Waals surface area contributed by atoms with Crippen LogP contribution in [0.15, 0.2) is 18.2 Å². The normalized spacial score (nSPS) is 18.5. The van der Waals surface area contributed by atoms with E-state index in [1.54, 1.807) is 0 Å². The summed E-state index contributed by atoms with van der Waals surface area (Å²) in [5.74, 6) is 0.946. The highest BCUT2D eigenvalue weighted by Gasteiger charge is 2.18. The Hall–Kier alpha value is -0.490. The summed E-state index contributed by atoms with van der Waals surface area (Å²) >= 11 is 6.56. The average Bonchev–Trinajstić information content (AvgIpc) is 2.82. The number of rotatable bonds is 4. The van der Waals surface area contributed by atoms with Crippen LogP contribution in [0.25, 0.3) is 0 Å². The fourth-order valence-corrected chi connectivity index (χ4v) is 3.30. The van der Waals surface area contributed by atoms with Crippen molar-refractivity contribution >= 4 is 11.6 Å². The van der Waals surface area contributed by atoms with Gasteiger partial charge in [0.05, 0.1) is 5.38 Å². The van der Waals surface area contributed by atoms with Gasteiger partial charge in [-0.1, -0.05) is 49.4 Å². The van der Waals surface area contributed by atoms with Crippen molar-refractivity contribution in [2.75, 3.05) is 0 Å². The molecule has 2 rings (SSSR count). The van der Waals surface area contributed by atoms with E-state index in [2.05, 4.69) is 32.0 Å². The molecule has 1 aliphatic carbocycles. The number of alkyl halides is 1. The molecule has 0 aliphatic heterocycles. The lowest BCUT2D eigenvalue weighted by Crippen LogP contribution is -1.99. The van der Waals surface area contributed by atoms with Gasteiger partial charge in [0.25, 0.3) is 0 Å². The first-order chi connectivity index (χ1) is 8.16. The lowest BCUT2D eigenvalue weighted by atomic mass is 9.95. The average molecular weight is 251 g/mol. The lowest BCUT2D eigenvalue weighted by Gasteiger charge is -2.16. The molecule has 0 nitrogen and oxygen atoms in total. The smallest absolute Gasteiger partial charge is 0.0588 e. The Morgan fingerprint density at radius 3 is 2.65 bits per heavy atom. The van der Waals surface area contributed by atoms with E-state index >= 15 is 0 Å². The van der Waals surface area contributed by atoms with Crippen molar-refractivity contribution in [1.29, 1.82) is 0 Å². The van der Waals surface area contributed by atoms with E-state index in [1.165, 1.54) is 48.8 Å². The number of hydrogen-bond acceptors (Lipinski definition) is 0. The molecule has 1 fully saturated rings. The van der Waals surface area contributed by atoms with Gasteiger partial charge in [-0.3, -0.25) is 0 Å². The Balaban J connectivity index is 1.93. The third kappa shape index (κ3) is 3.48. The Morgan fingerprint density at radius 1 is 1.24 bits per heavy atom. The summed E-state index contributed by atoms with van der Waals surface area (Å²) in [6.07, 6.45) is 8.16. The second kappa shape index (κ2) is 5.91. The van der Waals surface area contributed by atoms with Crippen LogP contribution in [0.2, 0.25) is 0 Å². The largest absolute Gasteiger partial charge is 0.118 e. The maximum absolute atomic E-state index is 6.56. The molecule has 0 amide bonds. The molecular weight excluding hydrogens is 228 g/mol. The third-order valence-corrected chi connectivity index (χ3v) is 4.53. The predicted octanol–water partition coefficient (Wildman–Crippen LogP) is 5.55. The van der Waals surface area contributed by atoms with Gasteiger partial charge in [0.2, 0.25) is 0 Å². The SMILES string of the molecule is Cc1ccc(C)c(C(Cl)CCC2CCCC2)c1. The first kappa shape index (κ1) is 13.0. The summed E-state index contributed by atoms with van der Waals surface area (Å²) in [6.45, 7) is 4.31. The van der Waals surface area contributed by atoms with Gasteiger partial charge in [0, 0.05) is 0 Å². The minimum absolute atomic E-state index is 0.204. The minimum Gasteiger partial charge on any atom is -0.118 e. The number of aryl methyl sites for hydroxylation is 2. The summed E-state index contributed by atoms with van der Waals surface area (Å²) in [6, 6.07) is 6.61. The maximum atomic E-state index is 6.56. The number of hydrogen-bond donors (Lipinski definition) is 0. The van der Waals surface area contributed by atoms with Gasteiger partial charge in [-0.25, -0.2) is 0 Å². The maximum Gasteiger partial charge on any atom is 0.0588 e. The van der Waals surface area contributed by atoms with Crippen LogP contribution in [-0.4, -0.2) is 0 Å². The van der Waals surface area contributed by atoms with E-state index in [0.29, 0.717) is 0 Å². The molecule has 1 atom stereocenters. The van der Waals surface area contributed by atoms with E-state index in [4.69, 9.17) is 11.6 Å². The standard InChI is InChI=1S/C16H23Cl/c1-12-7-8-13(2)15(11-12)16(17)10-9-14-5-3-4-6-14/h7-8,11,14,16H,3-6,9-10H2,1-2H3. The van der Waals surface area contributed by atoms with Gasteiger partial charge < -0.3 is 0 Å². The summed E-state index contributed by atoms with van der Waals surface area (Å²) in [7, 11) is 0. The molecule has 0 radical (unpaired) electrons. The fourth-order valence-electron chi connectivity index (χ4n) is 2.93. The van der Waals surface area contributed by atoms with Crippen LogP contribution in [0.3, 0.4) is 0 Å². The molecule has 94 valence electrons. The molecule has 1 aromatic carbocycles. The zero-order chi connectivity index (χ0) is 12.3. The highest BCUT2D eigenvalue weighted by atomic mass is 35.5. The van der Waals surface area contributed by atoms with Crippen molar-refractivity contribution in [1.82, 2.24) is 0 Å². The third-order valence-electron chi connectivity index (χ3n) is 4.08. The molecule has 1 saturated carbocycles. The van der Waals surface area contributed by atoms with Crippen LogP contribution >= 0.6 is 11.6 Å². The highest BCUT2D eigenvalue weighted by molar-refractivity contribution is 6.20. The van der Waals surface area contributed by atoms with Crippen molar-refractivity contribution in [2.24, 2.45) is 5.92 Å². The van der Waals surface area contributed by atoms with E-state index in [9.17, 15) is 0 Å². The molecule has 1 aliphatic rings. The van der Waals surface area contributed by atoms with E-state index < -0.39 is 0 Å². The summed E-state index contributed by atoms with van der Waals surface area (Å²) in [4.78, 5) is 0. The molecule has 17 heavy (non-hydrogen) atoms. The molecule has 0 aromatic heterocycles. The monoisotopic (exact) mass is 250 g/mol. The van der Waals surface area contributed by atoms with E-state index in [1.807, 2.05) is 0 Å². The van der Waals surface area contributed by atoms with Gasteiger partial charge >= 0.3 is 0 Å². The second-order valence-corrected chi connectivity index (χ2v) is 6.08. The molecule has 0 N–H and O–H groups in total. The topological polar surface area (TPSA) is 0 Å². The van der Waals surface area contributed by atoms with Crippen LogP contribution < -0.4 is 0 Å². The summed E-state index contributed by atoms with van der Waals surface area (Å²) in [5.41, 5.74) is 3.99. The van der Waals surface area contributed by atoms with Crippen molar-refractivity contribution in [3.8, 4) is 0 Å². The van der Waals surface area contributed by atoms with Gasteiger partial charge in [-0.05, 0) is 43.7 Å². The Kier molecular flexibility index (Phi) is 4.50. The zero-order valence-electron chi connectivity index (χ0n) is 11.0. The first-order valence-electron chi connectivity index (χ1n) is 6.88. The fraction of sp³-hybridized carbons (Fsp3) is 0.625. The molecule has 1 aromatic rings. The molecule has 1 heteroatoms. The van der Waals surface area contributed by atoms with Crippen LogP contribution in [0.5, 0.6) is 0 Å². The van der Waals surface area contributed by atoms with Crippen LogP contribution in [0, 0.1) is 19.8 Å².